The normalized spacial score (nSPS) is 18.5. The van der Waals surface area contributed by atoms with Crippen molar-refractivity contribution in [3.63, 3.8) is 0 Å². The summed E-state index contributed by atoms with van der Waals surface area (Å²) in [6, 6.07) is 12.0. The number of nitrogens with two attached hydrogens (primary N) is 1. The zero-order valence-electron chi connectivity index (χ0n) is 17.0. The monoisotopic (exact) mass is 410 g/mol. The Kier molecular flexibility index (Phi) is 5.46. The topological polar surface area (TPSA) is 64.8 Å². The number of carbonyl (C=O) groups is 1. The minimum absolute atomic E-state index is 0.0634. The Balaban J connectivity index is 1.82. The summed E-state index contributed by atoms with van der Waals surface area (Å²) in [7, 11) is 3.26. The van der Waals surface area contributed by atoms with Gasteiger partial charge in [-0.3, -0.25) is 4.90 Å². The first kappa shape index (κ1) is 19.7. The third-order valence-electron chi connectivity index (χ3n) is 5.40. The van der Waals surface area contributed by atoms with Crippen LogP contribution in [-0.4, -0.2) is 36.4 Å². The highest BCUT2D eigenvalue weighted by Crippen LogP contribution is 2.41. The predicted molar refractivity (Wildman–Crippen MR) is 117 cm³/mol. The molecule has 0 bridgehead atoms. The highest BCUT2D eigenvalue weighted by Gasteiger charge is 2.26. The van der Waals surface area contributed by atoms with Crippen LogP contribution < -0.4 is 15.2 Å². The zero-order chi connectivity index (χ0) is 20.5. The summed E-state index contributed by atoms with van der Waals surface area (Å²) in [6.07, 6.45) is 5.15. The maximum atomic E-state index is 12.1. The van der Waals surface area contributed by atoms with Crippen LogP contribution in [0.15, 0.2) is 47.5 Å². The molecule has 0 saturated heterocycles. The Hall–Kier alpha value is -2.60. The van der Waals surface area contributed by atoms with Gasteiger partial charge in [0.15, 0.2) is 11.5 Å². The molecule has 29 heavy (non-hydrogen) atoms. The number of benzene rings is 2. The fraction of sp³-hybridized carbons (Fsp3) is 0.348. The van der Waals surface area contributed by atoms with Crippen LogP contribution in [0.3, 0.4) is 0 Å². The number of thioether (sulfide) groups is 1. The number of rotatable bonds is 5. The van der Waals surface area contributed by atoms with E-state index in [-0.39, 0.29) is 6.04 Å². The van der Waals surface area contributed by atoms with Crippen molar-refractivity contribution in [1.82, 2.24) is 4.90 Å². The van der Waals surface area contributed by atoms with Crippen molar-refractivity contribution in [2.75, 3.05) is 14.2 Å². The second-order valence-corrected chi connectivity index (χ2v) is 8.92. The first-order valence-corrected chi connectivity index (χ1v) is 10.7. The molecule has 1 aliphatic carbocycles. The van der Waals surface area contributed by atoms with Gasteiger partial charge < -0.3 is 15.2 Å². The van der Waals surface area contributed by atoms with Crippen LogP contribution in [0, 0.1) is 0 Å². The number of hydrogen-bond donors (Lipinski definition) is 1. The lowest BCUT2D eigenvalue weighted by Crippen LogP contribution is -2.38. The van der Waals surface area contributed by atoms with Crippen molar-refractivity contribution < 1.29 is 14.3 Å². The van der Waals surface area contributed by atoms with E-state index in [1.54, 1.807) is 19.1 Å². The van der Waals surface area contributed by atoms with Crippen molar-refractivity contribution in [1.29, 1.82) is 0 Å². The largest absolute Gasteiger partial charge is 0.493 e. The highest BCUT2D eigenvalue weighted by molar-refractivity contribution is 8.00. The van der Waals surface area contributed by atoms with Crippen molar-refractivity contribution in [3.8, 4) is 11.5 Å². The van der Waals surface area contributed by atoms with Gasteiger partial charge >= 0.3 is 6.03 Å². The molecule has 2 aliphatic rings. The Labute approximate surface area is 175 Å². The molecule has 2 N–H and O–H groups in total. The quantitative estimate of drug-likeness (QED) is 0.778. The minimum Gasteiger partial charge on any atom is -0.493 e. The molecule has 1 unspecified atom stereocenters. The molecule has 1 aliphatic heterocycles. The molecule has 1 saturated carbocycles. The van der Waals surface area contributed by atoms with Crippen molar-refractivity contribution in [3.05, 3.63) is 59.3 Å². The number of ether oxygens (including phenoxy) is 2. The number of carbonyl (C=O) groups excluding carboxylic acids is 1. The Bertz CT molecular complexity index is 951. The number of amides is 2. The molecular formula is C23H26N2O3S. The van der Waals surface area contributed by atoms with Gasteiger partial charge in [-0.05, 0) is 67.1 Å². The average molecular weight is 411 g/mol. The van der Waals surface area contributed by atoms with E-state index < -0.39 is 6.03 Å². The van der Waals surface area contributed by atoms with Crippen molar-refractivity contribution in [2.45, 2.75) is 42.4 Å². The average Bonchev–Trinajstić information content (AvgIpc) is 3.54. The van der Waals surface area contributed by atoms with Crippen LogP contribution >= 0.6 is 11.8 Å². The summed E-state index contributed by atoms with van der Waals surface area (Å²) in [5.74, 6) is 1.35. The maximum Gasteiger partial charge on any atom is 0.319 e. The summed E-state index contributed by atoms with van der Waals surface area (Å²) < 4.78 is 11.0. The first-order chi connectivity index (χ1) is 14.0. The zero-order valence-corrected chi connectivity index (χ0v) is 17.8. The second-order valence-electron chi connectivity index (χ2n) is 7.55. The molecule has 1 atom stereocenters. The molecule has 4 rings (SSSR count). The number of primary amides is 1. The summed E-state index contributed by atoms with van der Waals surface area (Å²) in [5, 5.41) is 0.765. The molecule has 152 valence electrons. The van der Waals surface area contributed by atoms with Gasteiger partial charge in [0.1, 0.15) is 0 Å². The van der Waals surface area contributed by atoms with E-state index in [0.717, 1.165) is 27.5 Å². The lowest BCUT2D eigenvalue weighted by molar-refractivity contribution is 0.213. The lowest BCUT2D eigenvalue weighted by atomic mass is 9.92. The van der Waals surface area contributed by atoms with Gasteiger partial charge in [0, 0.05) is 28.0 Å². The SMILES string of the molecule is COc1cc2c(cc1OC)C(c1ccc(SC3CC3)cc1)=CN(C(N)=O)C(C)C2. The van der Waals surface area contributed by atoms with Crippen LogP contribution in [0.5, 0.6) is 11.5 Å². The summed E-state index contributed by atoms with van der Waals surface area (Å²) >= 11 is 1.93. The predicted octanol–water partition coefficient (Wildman–Crippen LogP) is 4.67. The fourth-order valence-corrected chi connectivity index (χ4v) is 4.75. The molecule has 2 aromatic carbocycles. The number of methoxy groups -OCH3 is 2. The smallest absolute Gasteiger partial charge is 0.319 e. The van der Waals surface area contributed by atoms with Gasteiger partial charge in [-0.1, -0.05) is 12.1 Å². The van der Waals surface area contributed by atoms with E-state index in [1.807, 2.05) is 37.0 Å². The number of fused-ring (bicyclic) bond motifs is 1. The summed E-state index contributed by atoms with van der Waals surface area (Å²) in [6.45, 7) is 2.00. The van der Waals surface area contributed by atoms with Crippen LogP contribution in [0.1, 0.15) is 36.5 Å². The second kappa shape index (κ2) is 8.03. The third kappa shape index (κ3) is 4.08. The fourth-order valence-electron chi connectivity index (χ4n) is 3.70. The maximum absolute atomic E-state index is 12.1. The first-order valence-electron chi connectivity index (χ1n) is 9.82. The molecule has 5 nitrogen and oxygen atoms in total. The molecule has 6 heteroatoms. The number of hydrogen-bond acceptors (Lipinski definition) is 4. The van der Waals surface area contributed by atoms with Gasteiger partial charge in [0.2, 0.25) is 0 Å². The van der Waals surface area contributed by atoms with Crippen LogP contribution in [0.4, 0.5) is 4.79 Å². The standard InChI is InChI=1S/C23H26N2O3S/c1-14-10-16-11-21(27-2)22(28-3)12-19(16)20(13-25(14)23(24)26)15-4-6-17(7-5-15)29-18-8-9-18/h4-7,11-14,18H,8-10H2,1-3H3,(H2,24,26). The molecule has 1 fully saturated rings. The van der Waals surface area contributed by atoms with Crippen LogP contribution in [0.25, 0.3) is 5.57 Å². The van der Waals surface area contributed by atoms with E-state index >= 15 is 0 Å². The third-order valence-corrected chi connectivity index (χ3v) is 6.75. The van der Waals surface area contributed by atoms with Crippen LogP contribution in [0.2, 0.25) is 0 Å². The lowest BCUT2D eigenvalue weighted by Gasteiger charge is -2.22. The minimum atomic E-state index is -0.456. The highest BCUT2D eigenvalue weighted by atomic mass is 32.2. The van der Waals surface area contributed by atoms with Crippen molar-refractivity contribution in [2.24, 2.45) is 5.73 Å². The number of urea groups is 1. The molecular weight excluding hydrogens is 384 g/mol. The van der Waals surface area contributed by atoms with E-state index in [1.165, 1.54) is 17.7 Å². The van der Waals surface area contributed by atoms with Gasteiger partial charge in [-0.2, -0.15) is 0 Å². The van der Waals surface area contributed by atoms with Crippen LogP contribution in [-0.2, 0) is 6.42 Å². The molecule has 1 heterocycles. The van der Waals surface area contributed by atoms with Gasteiger partial charge in [-0.25, -0.2) is 4.79 Å². The van der Waals surface area contributed by atoms with Gasteiger partial charge in [0.05, 0.1) is 14.2 Å². The van der Waals surface area contributed by atoms with E-state index in [9.17, 15) is 4.79 Å². The van der Waals surface area contributed by atoms with E-state index in [4.69, 9.17) is 15.2 Å². The summed E-state index contributed by atoms with van der Waals surface area (Å²) in [4.78, 5) is 15.0. The Morgan fingerprint density at radius 2 is 1.76 bits per heavy atom. The van der Waals surface area contributed by atoms with Gasteiger partial charge in [-0.15, -0.1) is 11.8 Å². The molecule has 2 aromatic rings. The van der Waals surface area contributed by atoms with E-state index in [0.29, 0.717) is 17.9 Å². The number of nitrogens with zero attached hydrogens (tertiary/aromatic N) is 1. The molecule has 0 aromatic heterocycles. The summed E-state index contributed by atoms with van der Waals surface area (Å²) in [5.41, 5.74) is 9.81. The molecule has 0 radical (unpaired) electrons. The Morgan fingerprint density at radius 3 is 2.34 bits per heavy atom. The van der Waals surface area contributed by atoms with Gasteiger partial charge in [0.25, 0.3) is 0 Å². The van der Waals surface area contributed by atoms with E-state index in [2.05, 4.69) is 24.3 Å². The molecule has 2 amide bonds. The molecule has 0 spiro atoms. The van der Waals surface area contributed by atoms with Crippen molar-refractivity contribution >= 4 is 23.4 Å². The Morgan fingerprint density at radius 1 is 1.10 bits per heavy atom.